The highest BCUT2D eigenvalue weighted by Crippen LogP contribution is 2.17. The normalized spacial score (nSPS) is 9.85. The van der Waals surface area contributed by atoms with Crippen molar-refractivity contribution in [1.29, 1.82) is 0 Å². The van der Waals surface area contributed by atoms with E-state index in [0.29, 0.717) is 11.4 Å². The lowest BCUT2D eigenvalue weighted by molar-refractivity contribution is 0.416. The molecule has 0 aromatic carbocycles. The second kappa shape index (κ2) is 2.79. The SMILES string of the molecule is C#Cc1cc(OC)c2ncnn2c1. The standard InChI is InChI=1S/C9H7N3O/c1-3-7-4-8(13-2)9-10-6-11-12(9)5-7/h1,4-6H,2H3. The number of pyridine rings is 1. The number of aromatic nitrogens is 3. The summed E-state index contributed by atoms with van der Waals surface area (Å²) in [7, 11) is 1.57. The summed E-state index contributed by atoms with van der Waals surface area (Å²) in [6.07, 6.45) is 8.45. The van der Waals surface area contributed by atoms with E-state index < -0.39 is 0 Å². The topological polar surface area (TPSA) is 39.4 Å². The lowest BCUT2D eigenvalue weighted by Crippen LogP contribution is -1.93. The van der Waals surface area contributed by atoms with Gasteiger partial charge < -0.3 is 4.74 Å². The molecule has 0 saturated heterocycles. The molecule has 64 valence electrons. The zero-order chi connectivity index (χ0) is 9.26. The molecule has 0 fully saturated rings. The molecule has 0 amide bonds. The molecule has 2 aromatic heterocycles. The number of nitrogens with zero attached hydrogens (tertiary/aromatic N) is 3. The smallest absolute Gasteiger partial charge is 0.197 e. The van der Waals surface area contributed by atoms with Gasteiger partial charge in [0.1, 0.15) is 6.33 Å². The number of hydrogen-bond acceptors (Lipinski definition) is 3. The van der Waals surface area contributed by atoms with Crippen LogP contribution in [0.15, 0.2) is 18.6 Å². The van der Waals surface area contributed by atoms with Crippen LogP contribution in [0.25, 0.3) is 5.65 Å². The van der Waals surface area contributed by atoms with Crippen LogP contribution in [0.5, 0.6) is 5.75 Å². The van der Waals surface area contributed by atoms with Gasteiger partial charge in [0.15, 0.2) is 11.4 Å². The van der Waals surface area contributed by atoms with Gasteiger partial charge in [-0.25, -0.2) is 9.50 Å². The monoisotopic (exact) mass is 173 g/mol. The van der Waals surface area contributed by atoms with E-state index in [2.05, 4.69) is 16.0 Å². The number of rotatable bonds is 1. The summed E-state index contributed by atoms with van der Waals surface area (Å²) in [6, 6.07) is 1.75. The second-order valence-electron chi connectivity index (χ2n) is 2.47. The molecule has 0 atom stereocenters. The van der Waals surface area contributed by atoms with E-state index in [1.54, 1.807) is 23.9 Å². The summed E-state index contributed by atoms with van der Waals surface area (Å²) in [5.74, 6) is 3.15. The van der Waals surface area contributed by atoms with E-state index in [1.807, 2.05) is 0 Å². The third-order valence-corrected chi connectivity index (χ3v) is 1.73. The van der Waals surface area contributed by atoms with Crippen molar-refractivity contribution in [2.75, 3.05) is 7.11 Å². The summed E-state index contributed by atoms with van der Waals surface area (Å²) >= 11 is 0. The number of terminal acetylenes is 1. The molecule has 0 unspecified atom stereocenters. The summed E-state index contributed by atoms with van der Waals surface area (Å²) in [6.45, 7) is 0. The highest BCUT2D eigenvalue weighted by atomic mass is 16.5. The molecule has 0 spiro atoms. The molecule has 0 aliphatic rings. The Labute approximate surface area is 75.2 Å². The average Bonchev–Trinajstić information content (AvgIpc) is 2.63. The first-order valence-electron chi connectivity index (χ1n) is 3.69. The van der Waals surface area contributed by atoms with Crippen molar-refractivity contribution in [2.24, 2.45) is 0 Å². The summed E-state index contributed by atoms with van der Waals surface area (Å²) in [4.78, 5) is 4.02. The molecule has 2 rings (SSSR count). The van der Waals surface area contributed by atoms with Gasteiger partial charge in [-0.15, -0.1) is 6.42 Å². The molecule has 0 radical (unpaired) electrons. The van der Waals surface area contributed by atoms with Gasteiger partial charge in [0.2, 0.25) is 0 Å². The third kappa shape index (κ3) is 1.11. The molecule has 0 aliphatic carbocycles. The Morgan fingerprint density at radius 1 is 1.62 bits per heavy atom. The summed E-state index contributed by atoms with van der Waals surface area (Å²) < 4.78 is 6.70. The van der Waals surface area contributed by atoms with Crippen LogP contribution in [0, 0.1) is 12.3 Å². The summed E-state index contributed by atoms with van der Waals surface area (Å²) in [5.41, 5.74) is 1.39. The van der Waals surface area contributed by atoms with E-state index >= 15 is 0 Å². The lowest BCUT2D eigenvalue weighted by Gasteiger charge is -2.01. The van der Waals surface area contributed by atoms with E-state index in [-0.39, 0.29) is 0 Å². The van der Waals surface area contributed by atoms with Crippen molar-refractivity contribution in [3.05, 3.63) is 24.2 Å². The van der Waals surface area contributed by atoms with Gasteiger partial charge in [-0.2, -0.15) is 5.10 Å². The van der Waals surface area contributed by atoms with Crippen molar-refractivity contribution in [2.45, 2.75) is 0 Å². The minimum absolute atomic E-state index is 0.632. The van der Waals surface area contributed by atoms with Crippen molar-refractivity contribution < 1.29 is 4.74 Å². The molecular weight excluding hydrogens is 166 g/mol. The van der Waals surface area contributed by atoms with Crippen molar-refractivity contribution in [1.82, 2.24) is 14.6 Å². The van der Waals surface area contributed by atoms with Gasteiger partial charge in [-0.1, -0.05) is 5.92 Å². The Morgan fingerprint density at radius 3 is 3.15 bits per heavy atom. The van der Waals surface area contributed by atoms with Gasteiger partial charge in [-0.3, -0.25) is 0 Å². The number of ether oxygens (including phenoxy) is 1. The Kier molecular flexibility index (Phi) is 1.64. The maximum atomic E-state index is 5.27. The van der Waals surface area contributed by atoms with Crippen LogP contribution in [-0.4, -0.2) is 21.7 Å². The number of methoxy groups -OCH3 is 1. The van der Waals surface area contributed by atoms with Crippen LogP contribution in [0.1, 0.15) is 5.56 Å². The van der Waals surface area contributed by atoms with Crippen molar-refractivity contribution in [3.8, 4) is 18.1 Å². The van der Waals surface area contributed by atoms with E-state index in [1.165, 1.54) is 6.33 Å². The second-order valence-corrected chi connectivity index (χ2v) is 2.47. The Morgan fingerprint density at radius 2 is 2.46 bits per heavy atom. The highest BCUT2D eigenvalue weighted by molar-refractivity contribution is 5.55. The van der Waals surface area contributed by atoms with Gasteiger partial charge in [-0.05, 0) is 0 Å². The third-order valence-electron chi connectivity index (χ3n) is 1.73. The van der Waals surface area contributed by atoms with Gasteiger partial charge >= 0.3 is 0 Å². The first-order chi connectivity index (χ1) is 6.35. The molecule has 4 heteroatoms. The zero-order valence-corrected chi connectivity index (χ0v) is 7.06. The molecule has 13 heavy (non-hydrogen) atoms. The van der Waals surface area contributed by atoms with E-state index in [9.17, 15) is 0 Å². The lowest BCUT2D eigenvalue weighted by atomic mass is 10.3. The number of fused-ring (bicyclic) bond motifs is 1. The fraction of sp³-hybridized carbons (Fsp3) is 0.111. The molecule has 0 N–H and O–H groups in total. The minimum Gasteiger partial charge on any atom is -0.493 e. The Hall–Kier alpha value is -2.02. The molecule has 4 nitrogen and oxygen atoms in total. The first kappa shape index (κ1) is 7.62. The molecule has 2 heterocycles. The van der Waals surface area contributed by atoms with Crippen molar-refractivity contribution in [3.63, 3.8) is 0 Å². The van der Waals surface area contributed by atoms with E-state index in [4.69, 9.17) is 11.2 Å². The van der Waals surface area contributed by atoms with Gasteiger partial charge in [0.25, 0.3) is 0 Å². The Bertz CT molecular complexity index is 481. The predicted octanol–water partition coefficient (Wildman–Crippen LogP) is 0.719. The van der Waals surface area contributed by atoms with E-state index in [0.717, 1.165) is 5.56 Å². The largest absolute Gasteiger partial charge is 0.493 e. The molecular formula is C9H7N3O. The fourth-order valence-electron chi connectivity index (χ4n) is 1.12. The number of hydrogen-bond donors (Lipinski definition) is 0. The maximum Gasteiger partial charge on any atom is 0.197 e. The van der Waals surface area contributed by atoms with Crippen LogP contribution in [-0.2, 0) is 0 Å². The van der Waals surface area contributed by atoms with Crippen LogP contribution in [0.3, 0.4) is 0 Å². The molecule has 0 bridgehead atoms. The molecule has 2 aromatic rings. The van der Waals surface area contributed by atoms with Crippen LogP contribution in [0.2, 0.25) is 0 Å². The maximum absolute atomic E-state index is 5.27. The van der Waals surface area contributed by atoms with Gasteiger partial charge in [0.05, 0.1) is 7.11 Å². The quantitative estimate of drug-likeness (QED) is 0.596. The molecule has 0 saturated carbocycles. The highest BCUT2D eigenvalue weighted by Gasteiger charge is 2.04. The van der Waals surface area contributed by atoms with Crippen LogP contribution >= 0.6 is 0 Å². The minimum atomic E-state index is 0.632. The molecule has 0 aliphatic heterocycles. The van der Waals surface area contributed by atoms with Crippen LogP contribution in [0.4, 0.5) is 0 Å². The summed E-state index contributed by atoms with van der Waals surface area (Å²) in [5, 5.41) is 3.97. The van der Waals surface area contributed by atoms with Crippen LogP contribution < -0.4 is 4.74 Å². The van der Waals surface area contributed by atoms with Crippen molar-refractivity contribution >= 4 is 5.65 Å². The van der Waals surface area contributed by atoms with Gasteiger partial charge in [0, 0.05) is 17.8 Å². The predicted molar refractivity (Wildman–Crippen MR) is 47.5 cm³/mol. The zero-order valence-electron chi connectivity index (χ0n) is 7.06. The average molecular weight is 173 g/mol. The first-order valence-corrected chi connectivity index (χ1v) is 3.69. The fourth-order valence-corrected chi connectivity index (χ4v) is 1.12. The Balaban J connectivity index is 2.79.